The van der Waals surface area contributed by atoms with Crippen molar-refractivity contribution in [1.82, 2.24) is 0 Å². The summed E-state index contributed by atoms with van der Waals surface area (Å²) in [7, 11) is -1.06. The van der Waals surface area contributed by atoms with E-state index in [0.29, 0.717) is 5.75 Å². The Kier molecular flexibility index (Phi) is 7.67. The Hall–Kier alpha value is -1.15. The standard InChI is InChI=1S/C15H13ClNO5S.Y/c1-21-14-8-13(15(22-2)7-12(14)16)17-23(19,20)11-5-3-10(9-18)4-6-11;/h3-8,17H,1-2H3;/q-1;. The number of benzene rings is 2. The van der Waals surface area contributed by atoms with Gasteiger partial charge < -0.3 is 14.3 Å². The average molecular weight is 444 g/mol. The topological polar surface area (TPSA) is 81.7 Å². The van der Waals surface area contributed by atoms with Gasteiger partial charge in [0.1, 0.15) is 11.5 Å². The van der Waals surface area contributed by atoms with E-state index >= 15 is 0 Å². The van der Waals surface area contributed by atoms with Crippen molar-refractivity contribution in [3.05, 3.63) is 47.0 Å². The number of hydrogen-bond acceptors (Lipinski definition) is 5. The SMILES string of the molecule is COc1cc(NS(=O)(=O)c2ccc([C-]=O)cc2)c(OC)cc1Cl.[Y]. The molecule has 125 valence electrons. The Labute approximate surface area is 170 Å². The summed E-state index contributed by atoms with van der Waals surface area (Å²) >= 11 is 5.98. The third-order valence-electron chi connectivity index (χ3n) is 3.00. The van der Waals surface area contributed by atoms with Crippen LogP contribution in [0.5, 0.6) is 11.5 Å². The maximum Gasteiger partial charge on any atom is 0.259 e. The van der Waals surface area contributed by atoms with E-state index in [4.69, 9.17) is 21.1 Å². The van der Waals surface area contributed by atoms with Gasteiger partial charge >= 0.3 is 0 Å². The van der Waals surface area contributed by atoms with Crippen molar-refractivity contribution in [2.45, 2.75) is 4.90 Å². The summed E-state index contributed by atoms with van der Waals surface area (Å²) in [4.78, 5) is 10.5. The fraction of sp³-hybridized carbons (Fsp3) is 0.133. The predicted molar refractivity (Wildman–Crippen MR) is 86.6 cm³/mol. The summed E-state index contributed by atoms with van der Waals surface area (Å²) in [6.45, 7) is 0. The second-order valence-corrected chi connectivity index (χ2v) is 6.51. The molecule has 0 aliphatic heterocycles. The number of anilines is 1. The molecule has 0 atom stereocenters. The number of sulfonamides is 1. The molecule has 1 radical (unpaired) electrons. The molecule has 6 nitrogen and oxygen atoms in total. The number of hydrogen-bond donors (Lipinski definition) is 1. The van der Waals surface area contributed by atoms with Gasteiger partial charge in [0.25, 0.3) is 10.0 Å². The second-order valence-electron chi connectivity index (χ2n) is 4.42. The maximum absolute atomic E-state index is 12.4. The molecule has 0 aliphatic rings. The molecule has 0 aromatic heterocycles. The zero-order chi connectivity index (χ0) is 17.0. The Balaban J connectivity index is 0.00000288. The zero-order valence-corrected chi connectivity index (χ0v) is 17.3. The van der Waals surface area contributed by atoms with E-state index in [1.165, 1.54) is 50.6 Å². The van der Waals surface area contributed by atoms with E-state index in [-0.39, 0.29) is 59.6 Å². The Bertz CT molecular complexity index is 825. The minimum absolute atomic E-state index is 0. The van der Waals surface area contributed by atoms with Crippen LogP contribution in [0.1, 0.15) is 5.56 Å². The summed E-state index contributed by atoms with van der Waals surface area (Å²) in [6.07, 6.45) is 1.68. The third-order valence-corrected chi connectivity index (χ3v) is 4.68. The van der Waals surface area contributed by atoms with Crippen LogP contribution in [0.2, 0.25) is 5.02 Å². The number of ether oxygens (including phenoxy) is 2. The molecule has 2 aromatic carbocycles. The van der Waals surface area contributed by atoms with Gasteiger partial charge in [0.15, 0.2) is 0 Å². The largest absolute Gasteiger partial charge is 0.495 e. The molecule has 2 aromatic rings. The van der Waals surface area contributed by atoms with E-state index in [9.17, 15) is 13.2 Å². The number of nitrogens with one attached hydrogen (secondary N) is 1. The van der Waals surface area contributed by atoms with Gasteiger partial charge in [-0.2, -0.15) is 17.7 Å². The number of rotatable bonds is 6. The normalized spacial score (nSPS) is 10.5. The summed E-state index contributed by atoms with van der Waals surface area (Å²) < 4.78 is 37.4. The van der Waals surface area contributed by atoms with Crippen LogP contribution in [0.3, 0.4) is 0 Å². The minimum Gasteiger partial charge on any atom is -0.495 e. The summed E-state index contributed by atoms with van der Waals surface area (Å²) in [5, 5.41) is 0.290. The third kappa shape index (κ3) is 4.69. The monoisotopic (exact) mass is 443 g/mol. The predicted octanol–water partition coefficient (Wildman–Crippen LogP) is 2.61. The molecule has 1 N–H and O–H groups in total. The summed E-state index contributed by atoms with van der Waals surface area (Å²) in [6, 6.07) is 8.21. The van der Waals surface area contributed by atoms with Gasteiger partial charge in [0.2, 0.25) is 0 Å². The molecule has 0 bridgehead atoms. The van der Waals surface area contributed by atoms with E-state index < -0.39 is 10.0 Å². The maximum atomic E-state index is 12.4. The van der Waals surface area contributed by atoms with Crippen LogP contribution in [-0.4, -0.2) is 28.9 Å². The number of methoxy groups -OCH3 is 2. The van der Waals surface area contributed by atoms with E-state index in [0.717, 1.165) is 0 Å². The Morgan fingerprint density at radius 2 is 1.62 bits per heavy atom. The molecule has 0 aliphatic carbocycles. The van der Waals surface area contributed by atoms with Crippen LogP contribution in [0, 0.1) is 0 Å². The fourth-order valence-electron chi connectivity index (χ4n) is 1.85. The van der Waals surface area contributed by atoms with E-state index in [2.05, 4.69) is 4.72 Å². The molecule has 0 amide bonds. The van der Waals surface area contributed by atoms with Crippen molar-refractivity contribution in [3.63, 3.8) is 0 Å². The first-order chi connectivity index (χ1) is 10.9. The number of halogens is 1. The van der Waals surface area contributed by atoms with Crippen LogP contribution in [0.4, 0.5) is 5.69 Å². The van der Waals surface area contributed by atoms with Crippen molar-refractivity contribution >= 4 is 33.6 Å². The van der Waals surface area contributed by atoms with Gasteiger partial charge in [-0.15, -0.1) is 0 Å². The molecule has 0 fully saturated rings. The van der Waals surface area contributed by atoms with Crippen LogP contribution in [0.15, 0.2) is 41.3 Å². The number of carbonyl (C=O) groups excluding carboxylic acids is 1. The molecular weight excluding hydrogens is 431 g/mol. The molecule has 0 heterocycles. The molecule has 0 saturated carbocycles. The Morgan fingerprint density at radius 3 is 2.12 bits per heavy atom. The average Bonchev–Trinajstić information content (AvgIpc) is 2.55. The molecule has 2 rings (SSSR count). The van der Waals surface area contributed by atoms with E-state index in [1.54, 1.807) is 6.29 Å². The van der Waals surface area contributed by atoms with Crippen molar-refractivity contribution in [2.24, 2.45) is 0 Å². The smallest absolute Gasteiger partial charge is 0.259 e. The zero-order valence-electron chi connectivity index (χ0n) is 12.9. The van der Waals surface area contributed by atoms with Gasteiger partial charge in [-0.25, -0.2) is 8.42 Å². The first kappa shape index (κ1) is 20.9. The Morgan fingerprint density at radius 1 is 1.04 bits per heavy atom. The van der Waals surface area contributed by atoms with Crippen molar-refractivity contribution in [2.75, 3.05) is 18.9 Å². The molecule has 0 unspecified atom stereocenters. The van der Waals surface area contributed by atoms with Gasteiger partial charge in [-0.3, -0.25) is 4.72 Å². The molecule has 0 saturated heterocycles. The van der Waals surface area contributed by atoms with Gasteiger partial charge in [0.05, 0.1) is 36.1 Å². The quantitative estimate of drug-likeness (QED) is 0.694. The van der Waals surface area contributed by atoms with Crippen molar-refractivity contribution in [1.29, 1.82) is 0 Å². The molecule has 0 spiro atoms. The van der Waals surface area contributed by atoms with E-state index in [1.807, 2.05) is 0 Å². The summed E-state index contributed by atoms with van der Waals surface area (Å²) in [5.41, 5.74) is 0.439. The fourth-order valence-corrected chi connectivity index (χ4v) is 3.14. The second kappa shape index (κ2) is 8.81. The minimum atomic E-state index is -3.87. The molecule has 9 heteroatoms. The van der Waals surface area contributed by atoms with Crippen LogP contribution >= 0.6 is 11.6 Å². The first-order valence-electron chi connectivity index (χ1n) is 6.34. The van der Waals surface area contributed by atoms with Crippen molar-refractivity contribution < 1.29 is 55.4 Å². The van der Waals surface area contributed by atoms with Crippen molar-refractivity contribution in [3.8, 4) is 11.5 Å². The van der Waals surface area contributed by atoms with Gasteiger partial charge in [0, 0.05) is 44.8 Å². The first-order valence-corrected chi connectivity index (χ1v) is 8.20. The van der Waals surface area contributed by atoms with Crippen LogP contribution in [0.25, 0.3) is 0 Å². The summed E-state index contributed by atoms with van der Waals surface area (Å²) in [5.74, 6) is 0.549. The van der Waals surface area contributed by atoms with Gasteiger partial charge in [-0.1, -0.05) is 23.7 Å². The molecular formula is C15H13ClNO5SY-. The van der Waals surface area contributed by atoms with Crippen LogP contribution in [-0.2, 0) is 47.5 Å². The van der Waals surface area contributed by atoms with Gasteiger partial charge in [-0.05, 0) is 0 Å². The molecule has 24 heavy (non-hydrogen) atoms. The van der Waals surface area contributed by atoms with Crippen LogP contribution < -0.4 is 14.2 Å².